The van der Waals surface area contributed by atoms with Gasteiger partial charge in [0.2, 0.25) is 0 Å². The zero-order valence-electron chi connectivity index (χ0n) is 17.7. The van der Waals surface area contributed by atoms with Gasteiger partial charge in [0.1, 0.15) is 15.8 Å². The second kappa shape index (κ2) is 9.08. The van der Waals surface area contributed by atoms with Gasteiger partial charge in [0, 0.05) is 23.9 Å². The fourth-order valence-electron chi connectivity index (χ4n) is 3.46. The van der Waals surface area contributed by atoms with Crippen LogP contribution in [-0.4, -0.2) is 38.1 Å². The molecule has 1 saturated heterocycles. The fraction of sp³-hybridized carbons (Fsp3) is 0.208. The number of aryl methyl sites for hydroxylation is 1. The summed E-state index contributed by atoms with van der Waals surface area (Å²) < 4.78 is 8.12. The number of ether oxygens (including phenoxy) is 1. The highest BCUT2D eigenvalue weighted by molar-refractivity contribution is 8.26. The first-order valence-electron chi connectivity index (χ1n) is 10.2. The number of carbonyl (C=O) groups is 1. The molecule has 1 fully saturated rings. The standard InChI is InChI=1S/C24H23N3O2S2/c1-4-26-23(28)21(31-24(26)30)14-18-15-27(19-9-7-6-8-10-19)25-22(18)17-11-12-20(29-5-2)16(3)13-17/h6-15H,4-5H2,1-3H3. The molecule has 0 radical (unpaired) electrons. The molecule has 0 N–H and O–H groups in total. The molecule has 5 nitrogen and oxygen atoms in total. The summed E-state index contributed by atoms with van der Waals surface area (Å²) in [5.41, 5.74) is 4.62. The lowest BCUT2D eigenvalue weighted by Gasteiger charge is -2.09. The summed E-state index contributed by atoms with van der Waals surface area (Å²) >= 11 is 6.70. The van der Waals surface area contributed by atoms with E-state index in [1.54, 1.807) is 4.90 Å². The van der Waals surface area contributed by atoms with E-state index in [2.05, 4.69) is 6.07 Å². The number of rotatable bonds is 6. The van der Waals surface area contributed by atoms with E-state index in [-0.39, 0.29) is 5.91 Å². The quantitative estimate of drug-likeness (QED) is 0.369. The topological polar surface area (TPSA) is 47.4 Å². The Kier molecular flexibility index (Phi) is 6.25. The van der Waals surface area contributed by atoms with Crippen molar-refractivity contribution in [1.29, 1.82) is 0 Å². The molecule has 1 amide bonds. The van der Waals surface area contributed by atoms with Crippen molar-refractivity contribution in [2.75, 3.05) is 13.2 Å². The minimum atomic E-state index is -0.0567. The van der Waals surface area contributed by atoms with E-state index in [0.717, 1.165) is 33.8 Å². The predicted octanol–water partition coefficient (Wildman–Crippen LogP) is 5.47. The van der Waals surface area contributed by atoms with Gasteiger partial charge in [-0.1, -0.05) is 42.2 Å². The van der Waals surface area contributed by atoms with E-state index in [9.17, 15) is 4.79 Å². The van der Waals surface area contributed by atoms with Gasteiger partial charge in [-0.2, -0.15) is 5.10 Å². The van der Waals surface area contributed by atoms with E-state index in [0.29, 0.717) is 22.4 Å². The third-order valence-electron chi connectivity index (χ3n) is 4.99. The Morgan fingerprint density at radius 1 is 1.16 bits per heavy atom. The number of likely N-dealkylation sites (N-methyl/N-ethyl adjacent to an activating group) is 1. The fourth-order valence-corrected chi connectivity index (χ4v) is 4.83. The summed E-state index contributed by atoms with van der Waals surface area (Å²) in [5.74, 6) is 0.804. The van der Waals surface area contributed by atoms with Crippen LogP contribution < -0.4 is 4.74 Å². The number of amides is 1. The Morgan fingerprint density at radius 3 is 2.58 bits per heavy atom. The van der Waals surface area contributed by atoms with Gasteiger partial charge in [0.05, 0.1) is 17.2 Å². The third-order valence-corrected chi connectivity index (χ3v) is 6.37. The molecule has 3 aromatic rings. The molecule has 0 bridgehead atoms. The number of para-hydroxylation sites is 1. The number of hydrogen-bond donors (Lipinski definition) is 0. The first-order chi connectivity index (χ1) is 15.0. The third kappa shape index (κ3) is 4.29. The molecule has 0 atom stereocenters. The number of benzene rings is 2. The summed E-state index contributed by atoms with van der Waals surface area (Å²) in [6, 6.07) is 16.0. The normalized spacial score (nSPS) is 15.2. The number of carbonyl (C=O) groups excluding carboxylic acids is 1. The molecule has 1 aliphatic rings. The van der Waals surface area contributed by atoms with Crippen LogP contribution in [0.1, 0.15) is 25.0 Å². The Bertz CT molecular complexity index is 1170. The lowest BCUT2D eigenvalue weighted by Crippen LogP contribution is -2.27. The van der Waals surface area contributed by atoms with Gasteiger partial charge in [-0.15, -0.1) is 0 Å². The summed E-state index contributed by atoms with van der Waals surface area (Å²) in [5, 5.41) is 4.86. The molecule has 2 heterocycles. The zero-order valence-corrected chi connectivity index (χ0v) is 19.3. The second-order valence-electron chi connectivity index (χ2n) is 7.05. The highest BCUT2D eigenvalue weighted by atomic mass is 32.2. The van der Waals surface area contributed by atoms with Crippen molar-refractivity contribution >= 4 is 40.3 Å². The van der Waals surface area contributed by atoms with E-state index in [1.165, 1.54) is 11.8 Å². The molecular weight excluding hydrogens is 426 g/mol. The molecular formula is C24H23N3O2S2. The average molecular weight is 450 g/mol. The minimum absolute atomic E-state index is 0.0567. The number of nitrogens with zero attached hydrogens (tertiary/aromatic N) is 3. The highest BCUT2D eigenvalue weighted by Crippen LogP contribution is 2.35. The summed E-state index contributed by atoms with van der Waals surface area (Å²) in [6.07, 6.45) is 3.84. The summed E-state index contributed by atoms with van der Waals surface area (Å²) in [7, 11) is 0. The van der Waals surface area contributed by atoms with E-state index < -0.39 is 0 Å². The Hall–Kier alpha value is -2.90. The Labute approximate surface area is 191 Å². The minimum Gasteiger partial charge on any atom is -0.494 e. The predicted molar refractivity (Wildman–Crippen MR) is 130 cm³/mol. The van der Waals surface area contributed by atoms with Crippen LogP contribution in [0.5, 0.6) is 5.75 Å². The molecule has 0 aliphatic carbocycles. The highest BCUT2D eigenvalue weighted by Gasteiger charge is 2.31. The second-order valence-corrected chi connectivity index (χ2v) is 8.73. The summed E-state index contributed by atoms with van der Waals surface area (Å²) in [6.45, 7) is 7.10. The lowest BCUT2D eigenvalue weighted by molar-refractivity contribution is -0.121. The van der Waals surface area contributed by atoms with Crippen molar-refractivity contribution in [3.8, 4) is 22.7 Å². The Balaban J connectivity index is 1.82. The molecule has 2 aromatic carbocycles. The number of hydrogen-bond acceptors (Lipinski definition) is 5. The van der Waals surface area contributed by atoms with Gasteiger partial charge < -0.3 is 4.74 Å². The molecule has 0 unspecified atom stereocenters. The van der Waals surface area contributed by atoms with Crippen molar-refractivity contribution in [2.45, 2.75) is 20.8 Å². The smallest absolute Gasteiger partial charge is 0.266 e. The maximum Gasteiger partial charge on any atom is 0.266 e. The molecule has 1 aromatic heterocycles. The monoisotopic (exact) mass is 449 g/mol. The first kappa shape index (κ1) is 21.3. The molecule has 31 heavy (non-hydrogen) atoms. The van der Waals surface area contributed by atoms with Crippen molar-refractivity contribution in [2.24, 2.45) is 0 Å². The zero-order chi connectivity index (χ0) is 22.0. The van der Waals surface area contributed by atoms with Crippen LogP contribution in [0.3, 0.4) is 0 Å². The van der Waals surface area contributed by atoms with Crippen LogP contribution in [-0.2, 0) is 4.79 Å². The SMILES string of the molecule is CCOc1ccc(-c2nn(-c3ccccc3)cc2C=C2SC(=S)N(CC)C2=O)cc1C. The van der Waals surface area contributed by atoms with Crippen molar-refractivity contribution < 1.29 is 9.53 Å². The summed E-state index contributed by atoms with van der Waals surface area (Å²) in [4.78, 5) is 15.0. The molecule has 0 saturated carbocycles. The van der Waals surface area contributed by atoms with Crippen LogP contribution in [0.2, 0.25) is 0 Å². The van der Waals surface area contributed by atoms with Crippen molar-refractivity contribution in [1.82, 2.24) is 14.7 Å². The number of thioether (sulfide) groups is 1. The van der Waals surface area contributed by atoms with Gasteiger partial charge >= 0.3 is 0 Å². The van der Waals surface area contributed by atoms with Crippen LogP contribution in [0.25, 0.3) is 23.0 Å². The van der Waals surface area contributed by atoms with E-state index >= 15 is 0 Å². The van der Waals surface area contributed by atoms with E-state index in [4.69, 9.17) is 22.1 Å². The van der Waals surface area contributed by atoms with Crippen molar-refractivity contribution in [3.05, 3.63) is 70.8 Å². The van der Waals surface area contributed by atoms with Crippen LogP contribution in [0.4, 0.5) is 0 Å². The average Bonchev–Trinajstić information content (AvgIpc) is 3.31. The van der Waals surface area contributed by atoms with Crippen molar-refractivity contribution in [3.63, 3.8) is 0 Å². The number of thiocarbonyl (C=S) groups is 1. The molecule has 0 spiro atoms. The maximum atomic E-state index is 12.8. The Morgan fingerprint density at radius 2 is 1.94 bits per heavy atom. The van der Waals surface area contributed by atoms with Gasteiger partial charge in [0.25, 0.3) is 5.91 Å². The number of aromatic nitrogens is 2. The maximum absolute atomic E-state index is 12.8. The van der Waals surface area contributed by atoms with Gasteiger partial charge in [-0.05, 0) is 62.7 Å². The van der Waals surface area contributed by atoms with Crippen LogP contribution in [0.15, 0.2) is 59.6 Å². The van der Waals surface area contributed by atoms with E-state index in [1.807, 2.05) is 80.2 Å². The molecule has 158 valence electrons. The molecule has 4 rings (SSSR count). The van der Waals surface area contributed by atoms with Gasteiger partial charge in [-0.3, -0.25) is 9.69 Å². The largest absolute Gasteiger partial charge is 0.494 e. The van der Waals surface area contributed by atoms with Crippen LogP contribution >= 0.6 is 24.0 Å². The molecule has 7 heteroatoms. The lowest BCUT2D eigenvalue weighted by atomic mass is 10.0. The first-order valence-corrected chi connectivity index (χ1v) is 11.4. The molecule has 1 aliphatic heterocycles. The van der Waals surface area contributed by atoms with Gasteiger partial charge in [-0.25, -0.2) is 4.68 Å². The van der Waals surface area contributed by atoms with Gasteiger partial charge in [0.15, 0.2) is 0 Å². The van der Waals surface area contributed by atoms with Crippen LogP contribution in [0, 0.1) is 6.92 Å².